The number of aromatic nitrogens is 2. The van der Waals surface area contributed by atoms with Gasteiger partial charge in [-0.3, -0.25) is 33.3 Å². The molecule has 9 aromatic rings. The van der Waals surface area contributed by atoms with Crippen molar-refractivity contribution in [3.63, 3.8) is 0 Å². The molecule has 2 aromatic heterocycles. The molecule has 2 heterocycles. The Hall–Kier alpha value is -5.70. The van der Waals surface area contributed by atoms with Crippen molar-refractivity contribution in [1.82, 2.24) is 9.13 Å². The second-order valence-corrected chi connectivity index (χ2v) is 11.3. The molecule has 43 heavy (non-hydrogen) atoms. The number of nitrogens with zero attached hydrogens (tertiary/aromatic N) is 2. The van der Waals surface area contributed by atoms with Crippen LogP contribution in [0, 0.1) is 0 Å². The van der Waals surface area contributed by atoms with Crippen LogP contribution in [-0.2, 0) is 13.4 Å². The number of hydrogen-bond donors (Lipinski definition) is 0. The van der Waals surface area contributed by atoms with E-state index < -0.39 is 22.2 Å². The van der Waals surface area contributed by atoms with Gasteiger partial charge in [-0.25, -0.2) is 4.57 Å². The minimum Gasteiger partial charge on any atom is -0.289 e. The molecule has 0 radical (unpaired) electrons. The molecule has 9 rings (SSSR count). The van der Waals surface area contributed by atoms with Crippen LogP contribution in [0.15, 0.2) is 89.4 Å². The molecule has 0 saturated heterocycles. The second kappa shape index (κ2) is 7.57. The van der Waals surface area contributed by atoms with Crippen molar-refractivity contribution in [3.8, 4) is 5.69 Å². The summed E-state index contributed by atoms with van der Waals surface area (Å²) in [7, 11) is 3.40. The summed E-state index contributed by atoms with van der Waals surface area (Å²) < 4.78 is 2.12. The summed E-state index contributed by atoms with van der Waals surface area (Å²) in [6, 6.07) is 16.4. The maximum absolute atomic E-state index is 14.2. The van der Waals surface area contributed by atoms with Crippen LogP contribution in [0.4, 0.5) is 0 Å². The Balaban J connectivity index is 1.61. The van der Waals surface area contributed by atoms with E-state index in [-0.39, 0.29) is 53.9 Å². The highest BCUT2D eigenvalue weighted by atomic mass is 16.2. The van der Waals surface area contributed by atoms with Crippen molar-refractivity contribution in [2.75, 3.05) is 0 Å². The number of hydrogen-bond acceptors (Lipinski definition) is 6. The molecule has 0 atom stereocenters. The van der Waals surface area contributed by atoms with E-state index in [1.807, 2.05) is 20.0 Å². The number of rotatable bonds is 2. The molecule has 0 aliphatic rings. The lowest BCUT2D eigenvalue weighted by molar-refractivity contribution is 0.841. The molecule has 202 valence electrons. The van der Waals surface area contributed by atoms with Gasteiger partial charge in [-0.05, 0) is 48.5 Å². The fourth-order valence-corrected chi connectivity index (χ4v) is 7.27. The molecule has 0 N–H and O–H groups in total. The van der Waals surface area contributed by atoms with Gasteiger partial charge in [0.25, 0.3) is 22.2 Å². The molecule has 9 heteroatoms. The highest BCUT2D eigenvalue weighted by molar-refractivity contribution is 6.42. The SMILES string of the molecule is BCc1ccc(-n2c(=O)c3ccc4c(=O)c5cc6c(=O)n(C)c(=O)c7ccc8c(=O)c9cc(c2=O)c3c4c9c5c8c76)cc1. The van der Waals surface area contributed by atoms with E-state index in [9.17, 15) is 28.8 Å². The summed E-state index contributed by atoms with van der Waals surface area (Å²) in [5, 5.41) is 4.16. The molecule has 0 amide bonds. The van der Waals surface area contributed by atoms with Crippen LogP contribution in [0.1, 0.15) is 5.56 Å². The number of benzene rings is 7. The summed E-state index contributed by atoms with van der Waals surface area (Å²) >= 11 is 0. The van der Waals surface area contributed by atoms with Crippen LogP contribution in [-0.4, -0.2) is 17.0 Å². The van der Waals surface area contributed by atoms with E-state index in [0.717, 1.165) is 21.0 Å². The van der Waals surface area contributed by atoms with Gasteiger partial charge in [0.1, 0.15) is 7.85 Å². The quantitative estimate of drug-likeness (QED) is 0.182. The molecule has 0 unspecified atom stereocenters. The fraction of sp³-hybridized carbons (Fsp3) is 0.0588. The Kier molecular flexibility index (Phi) is 4.22. The molecule has 0 aliphatic carbocycles. The smallest absolute Gasteiger partial charge is 0.266 e. The lowest BCUT2D eigenvalue weighted by atomic mass is 9.83. The molecule has 0 aliphatic heterocycles. The third-order valence-electron chi connectivity index (χ3n) is 9.33. The van der Waals surface area contributed by atoms with E-state index in [2.05, 4.69) is 0 Å². The van der Waals surface area contributed by atoms with Gasteiger partial charge in [0, 0.05) is 82.5 Å². The number of pyridine rings is 2. The summed E-state index contributed by atoms with van der Waals surface area (Å²) in [6.45, 7) is 0. The lowest BCUT2D eigenvalue weighted by Gasteiger charge is -2.19. The van der Waals surface area contributed by atoms with Gasteiger partial charge >= 0.3 is 0 Å². The average Bonchev–Trinajstić information content (AvgIpc) is 3.03. The van der Waals surface area contributed by atoms with Crippen LogP contribution in [0.5, 0.6) is 0 Å². The molecule has 0 fully saturated rings. The van der Waals surface area contributed by atoms with E-state index >= 15 is 0 Å². The van der Waals surface area contributed by atoms with Crippen molar-refractivity contribution in [2.45, 2.75) is 6.32 Å². The van der Waals surface area contributed by atoms with Crippen molar-refractivity contribution < 1.29 is 0 Å². The standard InChI is InChI=1S/C34H17BN2O6/c1-36-31(40)17-8-6-15-25-23(17)21(32(36)41)10-19-27(25)28-20(30(15)39)11-22-24-18(9-7-16(26(24)28)29(19)38)33(42)37(34(22)43)14-4-2-13(12-35)3-5-14/h2-11H,12,35H2,1H3. The van der Waals surface area contributed by atoms with Gasteiger partial charge in [0.05, 0.1) is 5.69 Å². The molecule has 7 aromatic carbocycles. The molecule has 8 nitrogen and oxygen atoms in total. The van der Waals surface area contributed by atoms with Gasteiger partial charge < -0.3 is 0 Å². The fourth-order valence-electron chi connectivity index (χ4n) is 7.27. The highest BCUT2D eigenvalue weighted by Crippen LogP contribution is 2.43. The Labute approximate surface area is 239 Å². The third kappa shape index (κ3) is 2.60. The molecular weight excluding hydrogens is 543 g/mol. The van der Waals surface area contributed by atoms with E-state index in [1.165, 1.54) is 25.2 Å². The van der Waals surface area contributed by atoms with Gasteiger partial charge in [0.2, 0.25) is 0 Å². The summed E-state index contributed by atoms with van der Waals surface area (Å²) in [4.78, 5) is 82.7. The highest BCUT2D eigenvalue weighted by Gasteiger charge is 2.27. The van der Waals surface area contributed by atoms with Crippen LogP contribution in [0.2, 0.25) is 0 Å². The maximum Gasteiger partial charge on any atom is 0.266 e. The Morgan fingerprint density at radius 1 is 0.488 bits per heavy atom. The average molecular weight is 560 g/mol. The lowest BCUT2D eigenvalue weighted by Crippen LogP contribution is -2.32. The first-order valence-corrected chi connectivity index (χ1v) is 13.9. The topological polar surface area (TPSA) is 112 Å². The normalized spacial score (nSPS) is 12.6. The molecular formula is C34H17BN2O6. The Morgan fingerprint density at radius 3 is 1.44 bits per heavy atom. The van der Waals surface area contributed by atoms with Crippen molar-refractivity contribution in [1.29, 1.82) is 0 Å². The Bertz CT molecular complexity index is 3060. The van der Waals surface area contributed by atoms with Crippen molar-refractivity contribution >= 4 is 83.3 Å². The predicted molar refractivity (Wildman–Crippen MR) is 173 cm³/mol. The predicted octanol–water partition coefficient (Wildman–Crippen LogP) is 2.37. The van der Waals surface area contributed by atoms with Gasteiger partial charge in [-0.15, -0.1) is 0 Å². The van der Waals surface area contributed by atoms with E-state index in [1.54, 1.807) is 30.3 Å². The van der Waals surface area contributed by atoms with Crippen LogP contribution in [0.25, 0.3) is 81.1 Å². The van der Waals surface area contributed by atoms with Crippen LogP contribution < -0.4 is 33.1 Å². The summed E-state index contributed by atoms with van der Waals surface area (Å²) in [5.74, 6) is 0. The van der Waals surface area contributed by atoms with Crippen molar-refractivity contribution in [3.05, 3.63) is 128 Å². The van der Waals surface area contributed by atoms with Gasteiger partial charge in [-0.1, -0.05) is 24.0 Å². The van der Waals surface area contributed by atoms with E-state index in [0.29, 0.717) is 38.0 Å². The second-order valence-electron chi connectivity index (χ2n) is 11.3. The molecule has 0 saturated carbocycles. The van der Waals surface area contributed by atoms with Gasteiger partial charge in [0.15, 0.2) is 10.9 Å². The summed E-state index contributed by atoms with van der Waals surface area (Å²) in [5.41, 5.74) is -1.46. The maximum atomic E-state index is 14.2. The van der Waals surface area contributed by atoms with Crippen LogP contribution >= 0.6 is 0 Å². The zero-order valence-corrected chi connectivity index (χ0v) is 22.8. The molecule has 0 spiro atoms. The minimum atomic E-state index is -0.581. The largest absolute Gasteiger partial charge is 0.289 e. The molecule has 0 bridgehead atoms. The van der Waals surface area contributed by atoms with E-state index in [4.69, 9.17) is 0 Å². The summed E-state index contributed by atoms with van der Waals surface area (Å²) in [6.07, 6.45) is 0.799. The first-order chi connectivity index (χ1) is 20.7. The van der Waals surface area contributed by atoms with Gasteiger partial charge in [-0.2, -0.15) is 0 Å². The Morgan fingerprint density at radius 2 is 0.907 bits per heavy atom. The zero-order valence-electron chi connectivity index (χ0n) is 22.8. The first-order valence-electron chi connectivity index (χ1n) is 13.9. The third-order valence-corrected chi connectivity index (χ3v) is 9.33. The van der Waals surface area contributed by atoms with Crippen LogP contribution in [0.3, 0.4) is 0 Å². The van der Waals surface area contributed by atoms with Crippen molar-refractivity contribution in [2.24, 2.45) is 7.05 Å². The monoisotopic (exact) mass is 560 g/mol. The zero-order chi connectivity index (χ0) is 29.6. The first kappa shape index (κ1) is 24.0. The minimum absolute atomic E-state index is 0.162.